The Morgan fingerprint density at radius 2 is 1.71 bits per heavy atom. The van der Waals surface area contributed by atoms with Gasteiger partial charge in [0.05, 0.1) is 0 Å². The number of anilines is 1. The van der Waals surface area contributed by atoms with Crippen LogP contribution in [-0.2, 0) is 0 Å². The molecule has 0 aromatic heterocycles. The molecule has 1 N–H and O–H groups in total. The molecule has 2 heterocycles. The monoisotopic (exact) mass is 234 g/mol. The molecule has 4 heteroatoms. The van der Waals surface area contributed by atoms with Gasteiger partial charge in [-0.15, -0.1) is 0 Å². The zero-order chi connectivity index (χ0) is 11.7. The van der Waals surface area contributed by atoms with E-state index >= 15 is 0 Å². The molecule has 1 aromatic rings. The number of ether oxygens (including phenoxy) is 2. The average Bonchev–Trinajstić information content (AvgIpc) is 2.39. The summed E-state index contributed by atoms with van der Waals surface area (Å²) in [6.45, 7) is 7.65. The van der Waals surface area contributed by atoms with E-state index in [-0.39, 0.29) is 0 Å². The lowest BCUT2D eigenvalue weighted by atomic mass is 10.1. The Labute approximate surface area is 102 Å². The summed E-state index contributed by atoms with van der Waals surface area (Å²) in [5.41, 5.74) is 2.53. The van der Waals surface area contributed by atoms with Gasteiger partial charge in [0.25, 0.3) is 0 Å². The van der Waals surface area contributed by atoms with Crippen molar-refractivity contribution in [2.75, 3.05) is 44.3 Å². The highest BCUT2D eigenvalue weighted by atomic mass is 16.6. The van der Waals surface area contributed by atoms with E-state index < -0.39 is 0 Å². The van der Waals surface area contributed by atoms with Gasteiger partial charge >= 0.3 is 0 Å². The molecule has 1 fully saturated rings. The number of fused-ring (bicyclic) bond motifs is 1. The van der Waals surface area contributed by atoms with Gasteiger partial charge in [-0.3, -0.25) is 0 Å². The summed E-state index contributed by atoms with van der Waals surface area (Å²) >= 11 is 0. The van der Waals surface area contributed by atoms with Gasteiger partial charge in [0.2, 0.25) is 0 Å². The molecule has 0 amide bonds. The summed E-state index contributed by atoms with van der Waals surface area (Å²) in [6.07, 6.45) is 0. The normalized spacial score (nSPS) is 19.2. The zero-order valence-corrected chi connectivity index (χ0v) is 10.2. The van der Waals surface area contributed by atoms with Crippen molar-refractivity contribution >= 4 is 5.69 Å². The van der Waals surface area contributed by atoms with E-state index in [1.165, 1.54) is 11.3 Å². The molecule has 17 heavy (non-hydrogen) atoms. The fourth-order valence-corrected chi connectivity index (χ4v) is 2.43. The second-order valence-electron chi connectivity index (χ2n) is 4.52. The molecule has 0 atom stereocenters. The molecule has 0 spiro atoms. The molecule has 4 nitrogen and oxygen atoms in total. The van der Waals surface area contributed by atoms with Crippen LogP contribution >= 0.6 is 0 Å². The van der Waals surface area contributed by atoms with Gasteiger partial charge in [-0.25, -0.2) is 0 Å². The van der Waals surface area contributed by atoms with Gasteiger partial charge < -0.3 is 19.7 Å². The minimum absolute atomic E-state index is 0.650. The number of hydrogen-bond acceptors (Lipinski definition) is 4. The average molecular weight is 234 g/mol. The lowest BCUT2D eigenvalue weighted by Gasteiger charge is -2.32. The predicted octanol–water partition coefficient (Wildman–Crippen LogP) is 1.18. The second-order valence-corrected chi connectivity index (χ2v) is 4.52. The molecule has 92 valence electrons. The molecule has 1 saturated heterocycles. The maximum absolute atomic E-state index is 5.64. The van der Waals surface area contributed by atoms with Gasteiger partial charge in [0.1, 0.15) is 13.2 Å². The third-order valence-electron chi connectivity index (χ3n) is 3.32. The Bertz CT molecular complexity index is 414. The molecule has 0 bridgehead atoms. The van der Waals surface area contributed by atoms with Crippen molar-refractivity contribution in [3.8, 4) is 11.5 Å². The van der Waals surface area contributed by atoms with E-state index in [0.29, 0.717) is 13.2 Å². The van der Waals surface area contributed by atoms with Crippen LogP contribution in [0.2, 0.25) is 0 Å². The first kappa shape index (κ1) is 10.7. The van der Waals surface area contributed by atoms with Crippen molar-refractivity contribution in [2.45, 2.75) is 6.92 Å². The third-order valence-corrected chi connectivity index (χ3v) is 3.32. The first-order chi connectivity index (χ1) is 8.34. The molecule has 2 aliphatic rings. The summed E-state index contributed by atoms with van der Waals surface area (Å²) in [7, 11) is 0. The summed E-state index contributed by atoms with van der Waals surface area (Å²) < 4.78 is 11.2. The number of hydrogen-bond donors (Lipinski definition) is 1. The summed E-state index contributed by atoms with van der Waals surface area (Å²) in [6, 6.07) is 4.21. The van der Waals surface area contributed by atoms with E-state index in [1.54, 1.807) is 0 Å². The maximum Gasteiger partial charge on any atom is 0.163 e. The van der Waals surface area contributed by atoms with Crippen molar-refractivity contribution in [1.82, 2.24) is 5.32 Å². The summed E-state index contributed by atoms with van der Waals surface area (Å²) in [4.78, 5) is 2.41. The second kappa shape index (κ2) is 4.45. The first-order valence-corrected chi connectivity index (χ1v) is 6.20. The van der Waals surface area contributed by atoms with Gasteiger partial charge in [-0.1, -0.05) is 0 Å². The quantitative estimate of drug-likeness (QED) is 0.791. The Kier molecular flexibility index (Phi) is 2.81. The zero-order valence-electron chi connectivity index (χ0n) is 10.2. The van der Waals surface area contributed by atoms with Gasteiger partial charge in [-0.2, -0.15) is 0 Å². The minimum atomic E-state index is 0.650. The largest absolute Gasteiger partial charge is 0.486 e. The molecule has 2 aliphatic heterocycles. The Balaban J connectivity index is 1.93. The van der Waals surface area contributed by atoms with Crippen LogP contribution in [0.1, 0.15) is 5.56 Å². The van der Waals surface area contributed by atoms with Crippen LogP contribution < -0.4 is 19.7 Å². The number of rotatable bonds is 1. The predicted molar refractivity (Wildman–Crippen MR) is 67.3 cm³/mol. The summed E-state index contributed by atoms with van der Waals surface area (Å²) in [5, 5.41) is 3.37. The number of nitrogens with one attached hydrogen (secondary N) is 1. The number of nitrogens with zero attached hydrogens (tertiary/aromatic N) is 1. The number of benzene rings is 1. The molecule has 0 radical (unpaired) electrons. The molecule has 0 aliphatic carbocycles. The number of aryl methyl sites for hydroxylation is 1. The van der Waals surface area contributed by atoms with Crippen molar-refractivity contribution in [1.29, 1.82) is 0 Å². The Hall–Kier alpha value is -1.42. The fraction of sp³-hybridized carbons (Fsp3) is 0.538. The van der Waals surface area contributed by atoms with E-state index in [1.807, 2.05) is 0 Å². The molecular formula is C13H18N2O2. The molecule has 3 rings (SSSR count). The topological polar surface area (TPSA) is 33.7 Å². The van der Waals surface area contributed by atoms with Crippen LogP contribution in [0.15, 0.2) is 12.1 Å². The van der Waals surface area contributed by atoms with Gasteiger partial charge in [0, 0.05) is 37.9 Å². The SMILES string of the molecule is Cc1cc2c(cc1N1CCNCC1)OCCO2. The Morgan fingerprint density at radius 1 is 1.06 bits per heavy atom. The lowest BCUT2D eigenvalue weighted by Crippen LogP contribution is -2.43. The van der Waals surface area contributed by atoms with Gasteiger partial charge in [0.15, 0.2) is 11.5 Å². The number of piperazine rings is 1. The van der Waals surface area contributed by atoms with Crippen molar-refractivity contribution in [3.05, 3.63) is 17.7 Å². The van der Waals surface area contributed by atoms with Crippen molar-refractivity contribution in [2.24, 2.45) is 0 Å². The fourth-order valence-electron chi connectivity index (χ4n) is 2.43. The highest BCUT2D eigenvalue weighted by Crippen LogP contribution is 2.36. The van der Waals surface area contributed by atoms with Gasteiger partial charge in [-0.05, 0) is 18.6 Å². The standard InChI is InChI=1S/C13H18N2O2/c1-10-8-12-13(17-7-6-16-12)9-11(10)15-4-2-14-3-5-15/h8-9,14H,2-7H2,1H3. The smallest absolute Gasteiger partial charge is 0.163 e. The maximum atomic E-state index is 5.64. The molecular weight excluding hydrogens is 216 g/mol. The highest BCUT2D eigenvalue weighted by Gasteiger charge is 2.18. The van der Waals surface area contributed by atoms with Crippen LogP contribution in [-0.4, -0.2) is 39.4 Å². The van der Waals surface area contributed by atoms with E-state index in [4.69, 9.17) is 9.47 Å². The van der Waals surface area contributed by atoms with Crippen LogP contribution in [0.4, 0.5) is 5.69 Å². The van der Waals surface area contributed by atoms with E-state index in [9.17, 15) is 0 Å². The third kappa shape index (κ3) is 2.05. The minimum Gasteiger partial charge on any atom is -0.486 e. The molecule has 1 aromatic carbocycles. The highest BCUT2D eigenvalue weighted by molar-refractivity contribution is 5.62. The van der Waals surface area contributed by atoms with Crippen LogP contribution in [0.25, 0.3) is 0 Å². The summed E-state index contributed by atoms with van der Waals surface area (Å²) in [5.74, 6) is 1.77. The molecule has 0 unspecified atom stereocenters. The van der Waals surface area contributed by atoms with Crippen molar-refractivity contribution in [3.63, 3.8) is 0 Å². The Morgan fingerprint density at radius 3 is 2.41 bits per heavy atom. The van der Waals surface area contributed by atoms with Crippen LogP contribution in [0.5, 0.6) is 11.5 Å². The lowest BCUT2D eigenvalue weighted by molar-refractivity contribution is 0.171. The van der Waals surface area contributed by atoms with Crippen molar-refractivity contribution < 1.29 is 9.47 Å². The van der Waals surface area contributed by atoms with Crippen LogP contribution in [0, 0.1) is 6.92 Å². The van der Waals surface area contributed by atoms with E-state index in [2.05, 4.69) is 29.3 Å². The van der Waals surface area contributed by atoms with Crippen LogP contribution in [0.3, 0.4) is 0 Å². The first-order valence-electron chi connectivity index (χ1n) is 6.20. The van der Waals surface area contributed by atoms with E-state index in [0.717, 1.165) is 37.7 Å². The molecule has 0 saturated carbocycles.